The number of nitrogens with zero attached hydrogens (tertiary/aromatic N) is 5. The van der Waals surface area contributed by atoms with Gasteiger partial charge in [0.1, 0.15) is 0 Å². The Balaban J connectivity index is 1.23. The molecule has 252 valence electrons. The number of fused-ring (bicyclic) bond motifs is 5. The highest BCUT2D eigenvalue weighted by Crippen LogP contribution is 2.41. The van der Waals surface area contributed by atoms with Crippen molar-refractivity contribution in [3.63, 3.8) is 0 Å². The third-order valence-electron chi connectivity index (χ3n) is 9.97. The van der Waals surface area contributed by atoms with Gasteiger partial charge in [0.15, 0.2) is 17.5 Å². The van der Waals surface area contributed by atoms with E-state index >= 15 is 0 Å². The number of aromatic nitrogens is 5. The molecular formula is C49H31N5. The fourth-order valence-electron chi connectivity index (χ4n) is 7.43. The molecule has 0 fully saturated rings. The van der Waals surface area contributed by atoms with Crippen LogP contribution in [0.2, 0.25) is 0 Å². The molecule has 0 aliphatic carbocycles. The molecule has 0 amide bonds. The summed E-state index contributed by atoms with van der Waals surface area (Å²) in [5.41, 5.74) is 10.0. The van der Waals surface area contributed by atoms with Crippen molar-refractivity contribution >= 4 is 32.4 Å². The van der Waals surface area contributed by atoms with Gasteiger partial charge >= 0.3 is 0 Å². The van der Waals surface area contributed by atoms with E-state index in [0.29, 0.717) is 17.5 Å². The number of rotatable bonds is 6. The van der Waals surface area contributed by atoms with Crippen LogP contribution >= 0.6 is 0 Å². The summed E-state index contributed by atoms with van der Waals surface area (Å²) >= 11 is 0. The van der Waals surface area contributed by atoms with E-state index < -0.39 is 0 Å². The van der Waals surface area contributed by atoms with Gasteiger partial charge in [-0.2, -0.15) is 0 Å². The first-order valence-electron chi connectivity index (χ1n) is 18.0. The van der Waals surface area contributed by atoms with Gasteiger partial charge in [-0.3, -0.25) is 4.98 Å². The molecule has 0 spiro atoms. The largest absolute Gasteiger partial charge is 0.264 e. The average Bonchev–Trinajstić information content (AvgIpc) is 3.26. The second kappa shape index (κ2) is 13.3. The lowest BCUT2D eigenvalue weighted by molar-refractivity contribution is 1.07. The van der Waals surface area contributed by atoms with Gasteiger partial charge in [-0.1, -0.05) is 146 Å². The molecule has 0 radical (unpaired) electrons. The van der Waals surface area contributed by atoms with E-state index in [4.69, 9.17) is 19.9 Å². The smallest absolute Gasteiger partial charge is 0.164 e. The topological polar surface area (TPSA) is 64.5 Å². The lowest BCUT2D eigenvalue weighted by atomic mass is 9.90. The first-order chi connectivity index (χ1) is 26.8. The van der Waals surface area contributed by atoms with Gasteiger partial charge in [0, 0.05) is 56.4 Å². The van der Waals surface area contributed by atoms with Crippen molar-refractivity contribution in [1.29, 1.82) is 0 Å². The molecule has 0 atom stereocenters. The van der Waals surface area contributed by atoms with Gasteiger partial charge in [-0.25, -0.2) is 19.9 Å². The number of benzene rings is 7. The molecule has 0 bridgehead atoms. The van der Waals surface area contributed by atoms with Crippen molar-refractivity contribution in [1.82, 2.24) is 24.9 Å². The standard InChI is InChI=1S/C49H31N5/c1-4-14-32(15-5-1)46-43-26-25-40-39(22-12-23-41(40)45(43)42-21-10-11-24-44(42)51-46)37-28-36(35-20-13-27-50-31-35)29-38(30-37)49-53-47(33-16-6-2-7-17-33)52-48(54-49)34-18-8-3-9-19-34/h1-31H. The van der Waals surface area contributed by atoms with Crippen molar-refractivity contribution in [2.75, 3.05) is 0 Å². The molecule has 10 rings (SSSR count). The minimum atomic E-state index is 0.602. The van der Waals surface area contributed by atoms with Crippen molar-refractivity contribution < 1.29 is 0 Å². The van der Waals surface area contributed by atoms with Crippen LogP contribution in [-0.2, 0) is 0 Å². The first kappa shape index (κ1) is 31.4. The fraction of sp³-hybridized carbons (Fsp3) is 0. The molecular weight excluding hydrogens is 659 g/mol. The van der Waals surface area contributed by atoms with Crippen molar-refractivity contribution in [3.05, 3.63) is 188 Å². The van der Waals surface area contributed by atoms with Crippen LogP contribution in [0.1, 0.15) is 0 Å². The highest BCUT2D eigenvalue weighted by molar-refractivity contribution is 6.24. The van der Waals surface area contributed by atoms with Crippen LogP contribution in [0.5, 0.6) is 0 Å². The Hall–Kier alpha value is -7.37. The van der Waals surface area contributed by atoms with E-state index in [2.05, 4.69) is 108 Å². The van der Waals surface area contributed by atoms with Crippen LogP contribution in [0.3, 0.4) is 0 Å². The van der Waals surface area contributed by atoms with Crippen molar-refractivity contribution in [3.8, 4) is 67.7 Å². The van der Waals surface area contributed by atoms with Crippen LogP contribution in [0.4, 0.5) is 0 Å². The zero-order valence-corrected chi connectivity index (χ0v) is 29.1. The zero-order chi connectivity index (χ0) is 35.8. The van der Waals surface area contributed by atoms with E-state index in [1.165, 1.54) is 10.8 Å². The van der Waals surface area contributed by atoms with Gasteiger partial charge in [-0.05, 0) is 57.8 Å². The summed E-state index contributed by atoms with van der Waals surface area (Å²) in [6, 6.07) is 60.8. The van der Waals surface area contributed by atoms with Gasteiger partial charge in [0.05, 0.1) is 11.2 Å². The third-order valence-corrected chi connectivity index (χ3v) is 9.97. The van der Waals surface area contributed by atoms with Crippen molar-refractivity contribution in [2.24, 2.45) is 0 Å². The molecule has 7 aromatic carbocycles. The van der Waals surface area contributed by atoms with Crippen LogP contribution in [0, 0.1) is 0 Å². The maximum Gasteiger partial charge on any atom is 0.164 e. The summed E-state index contributed by atoms with van der Waals surface area (Å²) < 4.78 is 0. The molecule has 3 aromatic heterocycles. The van der Waals surface area contributed by atoms with Gasteiger partial charge < -0.3 is 0 Å². The summed E-state index contributed by atoms with van der Waals surface area (Å²) in [5, 5.41) is 5.78. The molecule has 0 saturated carbocycles. The summed E-state index contributed by atoms with van der Waals surface area (Å²) in [6.45, 7) is 0. The Morgan fingerprint density at radius 1 is 0.315 bits per heavy atom. The Labute approximate surface area is 312 Å². The number of para-hydroxylation sites is 1. The average molecular weight is 690 g/mol. The van der Waals surface area contributed by atoms with Crippen LogP contribution < -0.4 is 0 Å². The quantitative estimate of drug-likeness (QED) is 0.163. The number of pyridine rings is 2. The minimum Gasteiger partial charge on any atom is -0.264 e. The lowest BCUT2D eigenvalue weighted by Gasteiger charge is -2.16. The Morgan fingerprint density at radius 3 is 1.56 bits per heavy atom. The molecule has 10 aromatic rings. The molecule has 5 heteroatoms. The SMILES string of the molecule is c1ccc(-c2nc(-c3ccccc3)nc(-c3cc(-c4cccnc4)cc(-c4cccc5c4ccc4c(-c6ccccc6)nc6ccccc6c45)c3)n2)cc1. The van der Waals surface area contributed by atoms with E-state index in [1.54, 1.807) is 6.20 Å². The highest BCUT2D eigenvalue weighted by Gasteiger charge is 2.18. The fourth-order valence-corrected chi connectivity index (χ4v) is 7.43. The zero-order valence-electron chi connectivity index (χ0n) is 29.1. The lowest BCUT2D eigenvalue weighted by Crippen LogP contribution is -2.00. The van der Waals surface area contributed by atoms with E-state index in [-0.39, 0.29) is 0 Å². The molecule has 54 heavy (non-hydrogen) atoms. The third kappa shape index (κ3) is 5.65. The number of hydrogen-bond acceptors (Lipinski definition) is 5. The van der Waals surface area contributed by atoms with E-state index in [1.807, 2.05) is 79.0 Å². The van der Waals surface area contributed by atoms with Crippen LogP contribution in [0.15, 0.2) is 188 Å². The Morgan fingerprint density at radius 2 is 0.870 bits per heavy atom. The molecule has 5 nitrogen and oxygen atoms in total. The predicted octanol–water partition coefficient (Wildman–Crippen LogP) is 12.1. The molecule has 0 aliphatic heterocycles. The van der Waals surface area contributed by atoms with Gasteiger partial charge in [0.2, 0.25) is 0 Å². The van der Waals surface area contributed by atoms with Crippen LogP contribution in [-0.4, -0.2) is 24.9 Å². The maximum atomic E-state index is 5.18. The second-order valence-electron chi connectivity index (χ2n) is 13.3. The van der Waals surface area contributed by atoms with Crippen molar-refractivity contribution in [2.45, 2.75) is 0 Å². The molecule has 3 heterocycles. The number of hydrogen-bond donors (Lipinski definition) is 0. The van der Waals surface area contributed by atoms with E-state index in [9.17, 15) is 0 Å². The molecule has 0 unspecified atom stereocenters. The summed E-state index contributed by atoms with van der Waals surface area (Å²) in [6.07, 6.45) is 3.71. The van der Waals surface area contributed by atoms with E-state index in [0.717, 1.165) is 71.9 Å². The molecule has 0 aliphatic rings. The predicted molar refractivity (Wildman–Crippen MR) is 221 cm³/mol. The normalized spacial score (nSPS) is 11.3. The molecule has 0 N–H and O–H groups in total. The first-order valence-corrected chi connectivity index (χ1v) is 18.0. The summed E-state index contributed by atoms with van der Waals surface area (Å²) in [4.78, 5) is 24.8. The Bertz CT molecular complexity index is 2910. The minimum absolute atomic E-state index is 0.602. The van der Waals surface area contributed by atoms with Crippen LogP contribution in [0.25, 0.3) is 100 Å². The second-order valence-corrected chi connectivity index (χ2v) is 13.3. The van der Waals surface area contributed by atoms with Gasteiger partial charge in [-0.15, -0.1) is 0 Å². The van der Waals surface area contributed by atoms with Gasteiger partial charge in [0.25, 0.3) is 0 Å². The Kier molecular flexibility index (Phi) is 7.73. The monoisotopic (exact) mass is 689 g/mol. The summed E-state index contributed by atoms with van der Waals surface area (Å²) in [7, 11) is 0. The molecule has 0 saturated heterocycles. The maximum absolute atomic E-state index is 5.18. The summed E-state index contributed by atoms with van der Waals surface area (Å²) in [5.74, 6) is 1.85. The highest BCUT2D eigenvalue weighted by atomic mass is 15.0.